The molecule has 8 aromatic carbocycles. The third kappa shape index (κ3) is 10.7. The van der Waals surface area contributed by atoms with E-state index in [1.807, 2.05) is 75.4 Å². The lowest BCUT2D eigenvalue weighted by Crippen LogP contribution is -2.33. The zero-order valence-electron chi connectivity index (χ0n) is 59.7. The third-order valence-electron chi connectivity index (χ3n) is 16.2. The quantitative estimate of drug-likeness (QED) is 0.148. The van der Waals surface area contributed by atoms with E-state index < -0.39 is 24.4 Å². The SMILES string of the molecule is [2H]c1c([2H])c([2H])c(-c2ccc(Oc3cccc(N4CN(c5c(-c6cc(C(C)(C)C)cc(C(C)(C)C)c6)cccc5-c5c([2H])c([2H])c(C(C)(C)C)c([2H])c5[2H])c5ccccc54)c3)cc2)c(Nc2cc(C([2H])([2H])[2H])c(-c3ccc4c(c3)C(C)(C)CCC4(C)C)cn2)c1[2H]. The number of fused-ring (bicyclic) bond motifs is 2. The van der Waals surface area contributed by atoms with Crippen molar-refractivity contribution in [2.24, 2.45) is 0 Å². The Balaban J connectivity index is 0.942. The van der Waals surface area contributed by atoms with Crippen molar-refractivity contribution < 1.29 is 19.8 Å². The number of nitrogens with zero attached hydrogens (tertiary/aromatic N) is 3. The van der Waals surface area contributed by atoms with Gasteiger partial charge in [-0.15, -0.1) is 0 Å². The van der Waals surface area contributed by atoms with E-state index in [1.54, 1.807) is 24.3 Å². The fraction of sp³-hybridized carbons (Fsp3) is 0.293. The van der Waals surface area contributed by atoms with Crippen LogP contribution in [0.5, 0.6) is 11.5 Å². The van der Waals surface area contributed by atoms with Gasteiger partial charge in [0.1, 0.15) is 24.0 Å². The number of benzene rings is 8. The Bertz CT molecular complexity index is 4320. The minimum atomic E-state index is -2.55. The number of aryl methyl sites for hydroxylation is 1. The van der Waals surface area contributed by atoms with Gasteiger partial charge >= 0.3 is 0 Å². The van der Waals surface area contributed by atoms with Crippen LogP contribution in [-0.4, -0.2) is 11.7 Å². The fourth-order valence-electron chi connectivity index (χ4n) is 11.2. The molecular formula is C75H80N4O. The van der Waals surface area contributed by atoms with Crippen LogP contribution in [0.4, 0.5) is 34.3 Å². The highest BCUT2D eigenvalue weighted by atomic mass is 16.5. The van der Waals surface area contributed by atoms with Crippen molar-refractivity contribution in [2.45, 2.75) is 137 Å². The van der Waals surface area contributed by atoms with Crippen LogP contribution in [0.1, 0.15) is 151 Å². The molecule has 406 valence electrons. The first-order valence-electron chi connectivity index (χ1n) is 33.4. The van der Waals surface area contributed by atoms with Gasteiger partial charge in [0.05, 0.1) is 28.0 Å². The molecule has 0 radical (unpaired) electrons. The van der Waals surface area contributed by atoms with Crippen LogP contribution in [0.15, 0.2) is 188 Å². The molecule has 9 aromatic rings. The monoisotopic (exact) mass is 1060 g/mol. The van der Waals surface area contributed by atoms with Crippen LogP contribution in [0.25, 0.3) is 44.5 Å². The van der Waals surface area contributed by atoms with Gasteiger partial charge in [-0.3, -0.25) is 0 Å². The molecule has 0 unspecified atom stereocenters. The van der Waals surface area contributed by atoms with Crippen LogP contribution in [0.2, 0.25) is 0 Å². The van der Waals surface area contributed by atoms with Gasteiger partial charge in [-0.25, -0.2) is 4.98 Å². The smallest absolute Gasteiger partial charge is 0.130 e. The summed E-state index contributed by atoms with van der Waals surface area (Å²) in [6.45, 7) is 25.7. The second-order valence-electron chi connectivity index (χ2n) is 26.1. The molecule has 1 aromatic heterocycles. The molecule has 2 aliphatic rings. The van der Waals surface area contributed by atoms with E-state index >= 15 is 0 Å². The van der Waals surface area contributed by atoms with Gasteiger partial charge in [0.15, 0.2) is 0 Å². The largest absolute Gasteiger partial charge is 0.457 e. The zero-order chi connectivity index (χ0) is 66.0. The predicted octanol–water partition coefficient (Wildman–Crippen LogP) is 21.1. The Morgan fingerprint density at radius 3 is 1.79 bits per heavy atom. The van der Waals surface area contributed by atoms with Gasteiger partial charge in [0.25, 0.3) is 0 Å². The lowest BCUT2D eigenvalue weighted by Gasteiger charge is -2.42. The lowest BCUT2D eigenvalue weighted by molar-refractivity contribution is 0.332. The molecule has 2 heterocycles. The predicted molar refractivity (Wildman–Crippen MR) is 340 cm³/mol. The van der Waals surface area contributed by atoms with E-state index in [0.717, 1.165) is 63.4 Å². The van der Waals surface area contributed by atoms with E-state index in [0.29, 0.717) is 40.4 Å². The first-order valence-corrected chi connectivity index (χ1v) is 27.9. The fourth-order valence-corrected chi connectivity index (χ4v) is 11.2. The summed E-state index contributed by atoms with van der Waals surface area (Å²) in [6, 6.07) is 41.3. The van der Waals surface area contributed by atoms with Crippen molar-refractivity contribution in [3.63, 3.8) is 0 Å². The molecular weight excluding hydrogens is 973 g/mol. The summed E-state index contributed by atoms with van der Waals surface area (Å²) in [5.41, 5.74) is 11.8. The van der Waals surface area contributed by atoms with Crippen molar-refractivity contribution in [2.75, 3.05) is 21.8 Å². The third-order valence-corrected chi connectivity index (χ3v) is 16.2. The highest BCUT2D eigenvalue weighted by molar-refractivity contribution is 5.99. The summed E-state index contributed by atoms with van der Waals surface area (Å²) in [5.74, 6) is 1.08. The molecule has 11 rings (SSSR count). The summed E-state index contributed by atoms with van der Waals surface area (Å²) in [6.07, 6.45) is 3.56. The van der Waals surface area contributed by atoms with E-state index in [1.165, 1.54) is 23.4 Å². The van der Waals surface area contributed by atoms with Gasteiger partial charge in [-0.05, 0) is 151 Å². The van der Waals surface area contributed by atoms with E-state index in [2.05, 4.69) is 133 Å². The van der Waals surface area contributed by atoms with Gasteiger partial charge < -0.3 is 19.9 Å². The van der Waals surface area contributed by atoms with Crippen LogP contribution in [-0.2, 0) is 27.1 Å². The van der Waals surface area contributed by atoms with E-state index in [4.69, 9.17) is 17.9 Å². The second-order valence-corrected chi connectivity index (χ2v) is 26.1. The summed E-state index contributed by atoms with van der Waals surface area (Å²) < 4.78 is 106. The molecule has 0 bridgehead atoms. The molecule has 80 heavy (non-hydrogen) atoms. The highest BCUT2D eigenvalue weighted by Gasteiger charge is 2.37. The van der Waals surface area contributed by atoms with Crippen molar-refractivity contribution in [1.29, 1.82) is 0 Å². The number of pyridine rings is 1. The second kappa shape index (κ2) is 20.3. The molecule has 5 heteroatoms. The Kier molecular flexibility index (Phi) is 10.7. The minimum Gasteiger partial charge on any atom is -0.457 e. The summed E-state index contributed by atoms with van der Waals surface area (Å²) >= 11 is 0. The average molecular weight is 1060 g/mol. The molecule has 1 aliphatic heterocycles. The molecule has 0 atom stereocenters. The molecule has 0 amide bonds. The van der Waals surface area contributed by atoms with Crippen molar-refractivity contribution in [3.8, 4) is 56.0 Å². The van der Waals surface area contributed by atoms with Crippen LogP contribution in [0.3, 0.4) is 0 Å². The number of nitrogens with one attached hydrogen (secondary N) is 1. The Morgan fingerprint density at radius 2 is 1.12 bits per heavy atom. The first-order chi connectivity index (χ1) is 42.5. The number of anilines is 6. The summed E-state index contributed by atoms with van der Waals surface area (Å²) in [5, 5.41) is 3.13. The molecule has 0 saturated heterocycles. The number of para-hydroxylation sites is 4. The van der Waals surface area contributed by atoms with Gasteiger partial charge in [-0.1, -0.05) is 217 Å². The maximum atomic E-state index is 9.64. The van der Waals surface area contributed by atoms with Gasteiger partial charge in [-0.2, -0.15) is 0 Å². The Morgan fingerprint density at radius 1 is 0.512 bits per heavy atom. The first kappa shape index (κ1) is 42.1. The molecule has 0 spiro atoms. The number of aromatic nitrogens is 1. The van der Waals surface area contributed by atoms with Crippen molar-refractivity contribution in [3.05, 3.63) is 221 Å². The van der Waals surface area contributed by atoms with E-state index in [-0.39, 0.29) is 86.1 Å². The molecule has 0 saturated carbocycles. The van der Waals surface area contributed by atoms with Crippen molar-refractivity contribution in [1.82, 2.24) is 4.98 Å². The average Bonchev–Trinajstić information content (AvgIpc) is 1.72. The molecule has 1 aliphatic carbocycles. The minimum absolute atomic E-state index is 0.0297. The van der Waals surface area contributed by atoms with Crippen LogP contribution in [0, 0.1) is 6.85 Å². The van der Waals surface area contributed by atoms with Gasteiger partial charge in [0, 0.05) is 50.0 Å². The molecule has 1 N–H and O–H groups in total. The number of hydrogen-bond acceptors (Lipinski definition) is 5. The number of ether oxygens (including phenoxy) is 1. The Hall–Kier alpha value is -7.89. The lowest BCUT2D eigenvalue weighted by atomic mass is 9.63. The summed E-state index contributed by atoms with van der Waals surface area (Å²) in [4.78, 5) is 9.10. The molecule has 0 fully saturated rings. The Labute approximate surface area is 493 Å². The number of hydrogen-bond donors (Lipinski definition) is 1. The van der Waals surface area contributed by atoms with Crippen LogP contribution < -0.4 is 19.9 Å². The normalized spacial score (nSPS) is 17.0. The van der Waals surface area contributed by atoms with Gasteiger partial charge in [0.2, 0.25) is 0 Å². The highest BCUT2D eigenvalue weighted by Crippen LogP contribution is 2.52. The van der Waals surface area contributed by atoms with E-state index in [9.17, 15) is 6.85 Å². The topological polar surface area (TPSA) is 40.6 Å². The maximum absolute atomic E-state index is 9.64. The maximum Gasteiger partial charge on any atom is 0.130 e. The van der Waals surface area contributed by atoms with Crippen molar-refractivity contribution >= 4 is 34.3 Å². The summed E-state index contributed by atoms with van der Waals surface area (Å²) in [7, 11) is 0. The number of rotatable bonds is 10. The zero-order valence-corrected chi connectivity index (χ0v) is 48.7. The van der Waals surface area contributed by atoms with Crippen LogP contribution >= 0.6 is 0 Å². The standard InChI is InChI=1S/C75H80N4O/c1-49-41-69(76-47-63(49)52-33-38-64-65(44-52)75(13,14)40-39-74(64,11)12)77-66-26-16-15-23-60(66)50-31-36-58(37-32-50)80-59-22-19-21-57(46-59)78-48-79(68-28-18-17-27-67(68)78)70-61(51-29-34-54(35-30-51)71(2,3)4)24-20-25-62(70)53-42-55(72(5,6)7)45-56(43-53)73(8,9)10/h15-38,41-47H,39-40,48H2,1-14H3,(H,76,77)/i1D3,15D,16D,23D,26D,29D,30D,34D,35D. The molecule has 5 nitrogen and oxygen atoms in total.